The third-order valence-electron chi connectivity index (χ3n) is 3.80. The Labute approximate surface area is 136 Å². The molecule has 0 saturated heterocycles. The smallest absolute Gasteiger partial charge is 0.315 e. The summed E-state index contributed by atoms with van der Waals surface area (Å²) < 4.78 is 0. The molecule has 0 unspecified atom stereocenters. The Bertz CT molecular complexity index is 785. The lowest BCUT2D eigenvalue weighted by molar-refractivity contribution is 0.232. The molecule has 2 amide bonds. The summed E-state index contributed by atoms with van der Waals surface area (Å²) in [7, 11) is 0. The van der Waals surface area contributed by atoms with Crippen molar-refractivity contribution < 1.29 is 4.79 Å². The van der Waals surface area contributed by atoms with E-state index in [0.717, 1.165) is 22.0 Å². The fourth-order valence-corrected chi connectivity index (χ4v) is 2.45. The number of carbonyl (C=O) groups excluding carboxylic acids is 1. The number of benzene rings is 1. The van der Waals surface area contributed by atoms with Crippen molar-refractivity contribution >= 4 is 16.9 Å². The van der Waals surface area contributed by atoms with Gasteiger partial charge in [0.15, 0.2) is 0 Å². The van der Waals surface area contributed by atoms with Crippen LogP contribution in [0.15, 0.2) is 23.0 Å². The van der Waals surface area contributed by atoms with Gasteiger partial charge in [0.2, 0.25) is 0 Å². The number of carbonyl (C=O) groups is 1. The van der Waals surface area contributed by atoms with Gasteiger partial charge in [-0.1, -0.05) is 12.1 Å². The first-order valence-electron chi connectivity index (χ1n) is 7.85. The Morgan fingerprint density at radius 1 is 1.22 bits per heavy atom. The average molecular weight is 315 g/mol. The Balaban J connectivity index is 2.10. The highest BCUT2D eigenvalue weighted by Crippen LogP contribution is 2.18. The van der Waals surface area contributed by atoms with Crippen molar-refractivity contribution in [3.63, 3.8) is 0 Å². The predicted octanol–water partition coefficient (Wildman–Crippen LogP) is 2.79. The summed E-state index contributed by atoms with van der Waals surface area (Å²) in [6.45, 7) is 10.2. The molecule has 1 heterocycles. The van der Waals surface area contributed by atoms with Crippen molar-refractivity contribution in [3.8, 4) is 0 Å². The van der Waals surface area contributed by atoms with Gasteiger partial charge in [0.25, 0.3) is 5.56 Å². The fourth-order valence-electron chi connectivity index (χ4n) is 2.45. The minimum Gasteiger partial charge on any atom is -0.338 e. The predicted molar refractivity (Wildman–Crippen MR) is 94.0 cm³/mol. The largest absolute Gasteiger partial charge is 0.338 e. The number of fused-ring (bicyclic) bond motifs is 1. The van der Waals surface area contributed by atoms with E-state index in [1.807, 2.05) is 46.8 Å². The Hall–Kier alpha value is -2.30. The van der Waals surface area contributed by atoms with Gasteiger partial charge >= 0.3 is 6.03 Å². The zero-order valence-electron chi connectivity index (χ0n) is 14.5. The number of amides is 2. The summed E-state index contributed by atoms with van der Waals surface area (Å²) >= 11 is 0. The number of urea groups is 1. The van der Waals surface area contributed by atoms with Crippen LogP contribution in [0.5, 0.6) is 0 Å². The highest BCUT2D eigenvalue weighted by atomic mass is 16.2. The second-order valence-electron chi connectivity index (χ2n) is 6.98. The molecule has 0 saturated carbocycles. The maximum absolute atomic E-state index is 12.2. The highest BCUT2D eigenvalue weighted by Gasteiger charge is 2.13. The zero-order chi connectivity index (χ0) is 17.2. The molecule has 0 aliphatic rings. The topological polar surface area (TPSA) is 74.0 Å². The number of aromatic nitrogens is 1. The number of rotatable bonds is 3. The number of pyridine rings is 1. The van der Waals surface area contributed by atoms with Gasteiger partial charge in [-0.2, -0.15) is 0 Å². The number of hydrogen-bond acceptors (Lipinski definition) is 2. The van der Waals surface area contributed by atoms with Gasteiger partial charge in [0, 0.05) is 17.6 Å². The summed E-state index contributed by atoms with van der Waals surface area (Å²) in [5.74, 6) is 0. The van der Waals surface area contributed by atoms with Gasteiger partial charge in [-0.3, -0.25) is 4.79 Å². The van der Waals surface area contributed by atoms with E-state index in [2.05, 4.69) is 21.7 Å². The third-order valence-corrected chi connectivity index (χ3v) is 3.80. The molecule has 2 rings (SSSR count). The number of hydrogen-bond donors (Lipinski definition) is 3. The quantitative estimate of drug-likeness (QED) is 0.815. The van der Waals surface area contributed by atoms with Crippen LogP contribution < -0.4 is 16.2 Å². The van der Waals surface area contributed by atoms with E-state index in [-0.39, 0.29) is 17.1 Å². The van der Waals surface area contributed by atoms with Gasteiger partial charge < -0.3 is 15.6 Å². The van der Waals surface area contributed by atoms with E-state index in [1.54, 1.807) is 0 Å². The van der Waals surface area contributed by atoms with Gasteiger partial charge in [-0.25, -0.2) is 4.79 Å². The van der Waals surface area contributed by atoms with E-state index in [1.165, 1.54) is 0 Å². The molecule has 2 aromatic rings. The first-order valence-corrected chi connectivity index (χ1v) is 7.85. The Morgan fingerprint density at radius 2 is 1.91 bits per heavy atom. The van der Waals surface area contributed by atoms with Crippen LogP contribution in [0.25, 0.3) is 10.9 Å². The van der Waals surface area contributed by atoms with Gasteiger partial charge in [-0.05, 0) is 63.6 Å². The minimum atomic E-state index is -0.278. The maximum Gasteiger partial charge on any atom is 0.315 e. The van der Waals surface area contributed by atoms with Crippen molar-refractivity contribution in [2.24, 2.45) is 0 Å². The molecule has 3 N–H and O–H groups in total. The van der Waals surface area contributed by atoms with Crippen molar-refractivity contribution in [2.45, 2.75) is 46.6 Å². The SMILES string of the molecule is Cc1ccc2cc(CCNC(=O)NC(C)(C)C)c(=O)[nH]c2c1C. The molecule has 1 aromatic heterocycles. The van der Waals surface area contributed by atoms with Gasteiger partial charge in [0.05, 0.1) is 5.52 Å². The zero-order valence-corrected chi connectivity index (χ0v) is 14.5. The summed E-state index contributed by atoms with van der Waals surface area (Å²) in [6.07, 6.45) is 0.496. The van der Waals surface area contributed by atoms with Crippen LogP contribution in [-0.2, 0) is 6.42 Å². The minimum absolute atomic E-state index is 0.0933. The number of H-pyrrole nitrogens is 1. The molecule has 1 aromatic carbocycles. The van der Waals surface area contributed by atoms with E-state index in [0.29, 0.717) is 18.5 Å². The average Bonchev–Trinajstić information content (AvgIpc) is 2.42. The molecule has 0 fully saturated rings. The second kappa shape index (κ2) is 6.44. The van der Waals surface area contributed by atoms with Gasteiger partial charge in [-0.15, -0.1) is 0 Å². The van der Waals surface area contributed by atoms with Crippen LogP contribution in [0.3, 0.4) is 0 Å². The second-order valence-corrected chi connectivity index (χ2v) is 6.98. The molecule has 0 bridgehead atoms. The number of aromatic amines is 1. The molecular weight excluding hydrogens is 290 g/mol. The first-order chi connectivity index (χ1) is 10.7. The number of aryl methyl sites for hydroxylation is 2. The summed E-state index contributed by atoms with van der Waals surface area (Å²) in [4.78, 5) is 26.9. The molecule has 5 heteroatoms. The van der Waals surface area contributed by atoms with E-state index < -0.39 is 0 Å². The third kappa shape index (κ3) is 4.34. The standard InChI is InChI=1S/C18H25N3O2/c1-11-6-7-13-10-14(16(22)20-15(13)12(11)2)8-9-19-17(23)21-18(3,4)5/h6-7,10H,8-9H2,1-5H3,(H,20,22)(H2,19,21,23). The summed E-state index contributed by atoms with van der Waals surface area (Å²) in [5.41, 5.74) is 3.44. The van der Waals surface area contributed by atoms with Crippen molar-refractivity contribution in [2.75, 3.05) is 6.54 Å². The Morgan fingerprint density at radius 3 is 2.57 bits per heavy atom. The lowest BCUT2D eigenvalue weighted by Gasteiger charge is -2.20. The van der Waals surface area contributed by atoms with Crippen molar-refractivity contribution in [1.29, 1.82) is 0 Å². The molecule has 0 aliphatic carbocycles. The molecule has 124 valence electrons. The van der Waals surface area contributed by atoms with Crippen molar-refractivity contribution in [1.82, 2.24) is 15.6 Å². The van der Waals surface area contributed by atoms with Crippen LogP contribution >= 0.6 is 0 Å². The molecule has 0 atom stereocenters. The lowest BCUT2D eigenvalue weighted by Crippen LogP contribution is -2.47. The monoisotopic (exact) mass is 315 g/mol. The van der Waals surface area contributed by atoms with E-state index in [9.17, 15) is 9.59 Å². The molecular formula is C18H25N3O2. The molecule has 5 nitrogen and oxygen atoms in total. The Kier molecular flexibility index (Phi) is 4.78. The van der Waals surface area contributed by atoms with Crippen LogP contribution in [0, 0.1) is 13.8 Å². The first kappa shape index (κ1) is 17.1. The molecule has 0 radical (unpaired) electrons. The van der Waals surface area contributed by atoms with Crippen LogP contribution in [-0.4, -0.2) is 23.1 Å². The maximum atomic E-state index is 12.2. The lowest BCUT2D eigenvalue weighted by atomic mass is 10.0. The van der Waals surface area contributed by atoms with E-state index >= 15 is 0 Å². The number of nitrogens with one attached hydrogen (secondary N) is 3. The molecule has 23 heavy (non-hydrogen) atoms. The van der Waals surface area contributed by atoms with Crippen molar-refractivity contribution in [3.05, 3.63) is 45.2 Å². The van der Waals surface area contributed by atoms with Crippen LogP contribution in [0.2, 0.25) is 0 Å². The normalized spacial score (nSPS) is 11.5. The highest BCUT2D eigenvalue weighted by molar-refractivity contribution is 5.83. The van der Waals surface area contributed by atoms with E-state index in [4.69, 9.17) is 0 Å². The summed E-state index contributed by atoms with van der Waals surface area (Å²) in [5, 5.41) is 6.62. The van der Waals surface area contributed by atoms with Crippen LogP contribution in [0.4, 0.5) is 4.79 Å². The molecule has 0 aliphatic heterocycles. The fraction of sp³-hybridized carbons (Fsp3) is 0.444. The molecule has 0 spiro atoms. The van der Waals surface area contributed by atoms with Crippen LogP contribution in [0.1, 0.15) is 37.5 Å². The van der Waals surface area contributed by atoms with Gasteiger partial charge in [0.1, 0.15) is 0 Å². The summed E-state index contributed by atoms with van der Waals surface area (Å²) in [6, 6.07) is 5.75.